The van der Waals surface area contributed by atoms with Crippen molar-refractivity contribution in [1.29, 1.82) is 0 Å². The van der Waals surface area contributed by atoms with Crippen LogP contribution in [0.25, 0.3) is 0 Å². The lowest BCUT2D eigenvalue weighted by molar-refractivity contribution is 0.0448. The van der Waals surface area contributed by atoms with E-state index in [1.54, 1.807) is 48.5 Å². The fourth-order valence-corrected chi connectivity index (χ4v) is 2.68. The van der Waals surface area contributed by atoms with Gasteiger partial charge in [0.25, 0.3) is 0 Å². The first kappa shape index (κ1) is 18.4. The molecule has 0 fully saturated rings. The van der Waals surface area contributed by atoms with E-state index in [-0.39, 0.29) is 24.6 Å². The topological polar surface area (TPSA) is 52.6 Å². The Bertz CT molecular complexity index is 932. The standard InChI is InChI=1S/C23H20O4/c1-17-8-7-11-19(16-17)26-14-15-27-23(25)21-13-6-5-12-20(21)22(24)18-9-3-2-4-10-18/h2-13,16H,14-15H2,1H3. The van der Waals surface area contributed by atoms with Gasteiger partial charge in [0.15, 0.2) is 5.78 Å². The molecular formula is C23H20O4. The summed E-state index contributed by atoms with van der Waals surface area (Å²) in [6.45, 7) is 2.32. The van der Waals surface area contributed by atoms with Gasteiger partial charge in [0.2, 0.25) is 0 Å². The van der Waals surface area contributed by atoms with Crippen LogP contribution in [0.2, 0.25) is 0 Å². The summed E-state index contributed by atoms with van der Waals surface area (Å²) < 4.78 is 10.9. The molecule has 0 saturated carbocycles. The molecule has 0 aromatic heterocycles. The molecule has 0 radical (unpaired) electrons. The predicted octanol–water partition coefficient (Wildman–Crippen LogP) is 4.46. The lowest BCUT2D eigenvalue weighted by Gasteiger charge is -2.10. The van der Waals surface area contributed by atoms with Gasteiger partial charge in [-0.05, 0) is 30.7 Å². The Labute approximate surface area is 158 Å². The highest BCUT2D eigenvalue weighted by Gasteiger charge is 2.18. The Morgan fingerprint density at radius 2 is 1.48 bits per heavy atom. The molecule has 0 heterocycles. The van der Waals surface area contributed by atoms with Crippen molar-refractivity contribution in [3.05, 3.63) is 101 Å². The van der Waals surface area contributed by atoms with Gasteiger partial charge in [-0.2, -0.15) is 0 Å². The van der Waals surface area contributed by atoms with Crippen LogP contribution in [0.1, 0.15) is 31.8 Å². The lowest BCUT2D eigenvalue weighted by Crippen LogP contribution is -2.16. The molecule has 0 saturated heterocycles. The minimum atomic E-state index is -0.539. The molecule has 0 spiro atoms. The molecule has 3 aromatic carbocycles. The van der Waals surface area contributed by atoms with Crippen LogP contribution in [0.5, 0.6) is 5.75 Å². The van der Waals surface area contributed by atoms with Crippen LogP contribution < -0.4 is 4.74 Å². The smallest absolute Gasteiger partial charge is 0.339 e. The van der Waals surface area contributed by atoms with Crippen LogP contribution >= 0.6 is 0 Å². The van der Waals surface area contributed by atoms with Crippen molar-refractivity contribution in [3.63, 3.8) is 0 Å². The molecule has 0 aliphatic heterocycles. The molecule has 0 aliphatic carbocycles. The lowest BCUT2D eigenvalue weighted by atomic mass is 9.98. The van der Waals surface area contributed by atoms with Gasteiger partial charge in [-0.25, -0.2) is 4.79 Å². The van der Waals surface area contributed by atoms with Gasteiger partial charge >= 0.3 is 5.97 Å². The Hall–Kier alpha value is -3.40. The molecule has 27 heavy (non-hydrogen) atoms. The third-order valence-electron chi connectivity index (χ3n) is 4.00. The molecule has 0 amide bonds. The summed E-state index contributed by atoms with van der Waals surface area (Å²) >= 11 is 0. The van der Waals surface area contributed by atoms with Crippen molar-refractivity contribution < 1.29 is 19.1 Å². The first-order valence-corrected chi connectivity index (χ1v) is 8.70. The van der Waals surface area contributed by atoms with Crippen molar-refractivity contribution in [3.8, 4) is 5.75 Å². The van der Waals surface area contributed by atoms with Gasteiger partial charge in [0.05, 0.1) is 5.56 Å². The Kier molecular flexibility index (Phi) is 6.00. The molecule has 3 aromatic rings. The largest absolute Gasteiger partial charge is 0.490 e. The number of esters is 1. The van der Waals surface area contributed by atoms with Gasteiger partial charge in [-0.15, -0.1) is 0 Å². The first-order chi connectivity index (χ1) is 13.1. The number of hydrogen-bond donors (Lipinski definition) is 0. The average Bonchev–Trinajstić information content (AvgIpc) is 2.71. The summed E-state index contributed by atoms with van der Waals surface area (Å²) in [6, 6.07) is 23.2. The Balaban J connectivity index is 1.62. The van der Waals surface area contributed by atoms with Crippen molar-refractivity contribution in [2.45, 2.75) is 6.92 Å². The quantitative estimate of drug-likeness (QED) is 0.355. The van der Waals surface area contributed by atoms with Crippen LogP contribution in [0, 0.1) is 6.92 Å². The highest BCUT2D eigenvalue weighted by molar-refractivity contribution is 6.14. The second-order valence-corrected chi connectivity index (χ2v) is 6.04. The molecule has 0 unspecified atom stereocenters. The van der Waals surface area contributed by atoms with Crippen LogP contribution in [0.3, 0.4) is 0 Å². The van der Waals surface area contributed by atoms with E-state index in [0.29, 0.717) is 11.1 Å². The maximum Gasteiger partial charge on any atom is 0.339 e. The summed E-state index contributed by atoms with van der Waals surface area (Å²) in [5.74, 6) is -0.0208. The minimum absolute atomic E-state index is 0.0979. The second kappa shape index (κ2) is 8.81. The van der Waals surface area contributed by atoms with E-state index in [4.69, 9.17) is 9.47 Å². The SMILES string of the molecule is Cc1cccc(OCCOC(=O)c2ccccc2C(=O)c2ccccc2)c1. The molecule has 4 nitrogen and oxygen atoms in total. The molecule has 0 N–H and O–H groups in total. The summed E-state index contributed by atoms with van der Waals surface area (Å²) in [5.41, 5.74) is 2.20. The molecule has 0 atom stereocenters. The zero-order chi connectivity index (χ0) is 19.1. The van der Waals surface area contributed by atoms with Crippen LogP contribution in [-0.2, 0) is 4.74 Å². The van der Waals surface area contributed by atoms with Crippen molar-refractivity contribution in [2.75, 3.05) is 13.2 Å². The van der Waals surface area contributed by atoms with Crippen LogP contribution in [0.15, 0.2) is 78.9 Å². The van der Waals surface area contributed by atoms with E-state index in [1.165, 1.54) is 0 Å². The van der Waals surface area contributed by atoms with E-state index in [9.17, 15) is 9.59 Å². The molecule has 0 bridgehead atoms. The number of aryl methyl sites for hydroxylation is 1. The average molecular weight is 360 g/mol. The Morgan fingerprint density at radius 3 is 2.22 bits per heavy atom. The third kappa shape index (κ3) is 4.82. The zero-order valence-corrected chi connectivity index (χ0v) is 15.1. The van der Waals surface area contributed by atoms with Gasteiger partial charge in [-0.3, -0.25) is 4.79 Å². The first-order valence-electron chi connectivity index (χ1n) is 8.70. The normalized spacial score (nSPS) is 10.3. The van der Waals surface area contributed by atoms with Crippen LogP contribution in [-0.4, -0.2) is 25.0 Å². The predicted molar refractivity (Wildman–Crippen MR) is 103 cm³/mol. The second-order valence-electron chi connectivity index (χ2n) is 6.04. The van der Waals surface area contributed by atoms with Crippen molar-refractivity contribution in [1.82, 2.24) is 0 Å². The molecular weight excluding hydrogens is 340 g/mol. The summed E-state index contributed by atoms with van der Waals surface area (Å²) in [5, 5.41) is 0. The van der Waals surface area contributed by atoms with Crippen molar-refractivity contribution in [2.24, 2.45) is 0 Å². The number of benzene rings is 3. The van der Waals surface area contributed by atoms with Gasteiger partial charge in [-0.1, -0.05) is 60.7 Å². The zero-order valence-electron chi connectivity index (χ0n) is 15.1. The van der Waals surface area contributed by atoms with Gasteiger partial charge < -0.3 is 9.47 Å². The fourth-order valence-electron chi connectivity index (χ4n) is 2.68. The maximum atomic E-state index is 12.7. The number of ether oxygens (including phenoxy) is 2. The molecule has 0 aliphatic rings. The summed E-state index contributed by atoms with van der Waals surface area (Å²) in [4.78, 5) is 25.1. The molecule has 3 rings (SSSR count). The number of hydrogen-bond acceptors (Lipinski definition) is 4. The van der Waals surface area contributed by atoms with E-state index >= 15 is 0 Å². The summed E-state index contributed by atoms with van der Waals surface area (Å²) in [6.07, 6.45) is 0. The minimum Gasteiger partial charge on any atom is -0.490 e. The monoisotopic (exact) mass is 360 g/mol. The molecule has 4 heteroatoms. The summed E-state index contributed by atoms with van der Waals surface area (Å²) in [7, 11) is 0. The fraction of sp³-hybridized carbons (Fsp3) is 0.130. The highest BCUT2D eigenvalue weighted by Crippen LogP contribution is 2.16. The van der Waals surface area contributed by atoms with Crippen molar-refractivity contribution >= 4 is 11.8 Å². The van der Waals surface area contributed by atoms with E-state index in [1.807, 2.05) is 37.3 Å². The van der Waals surface area contributed by atoms with E-state index in [0.717, 1.165) is 11.3 Å². The number of ketones is 1. The number of rotatable bonds is 7. The van der Waals surface area contributed by atoms with E-state index in [2.05, 4.69) is 0 Å². The number of carbonyl (C=O) groups is 2. The van der Waals surface area contributed by atoms with Gasteiger partial charge in [0.1, 0.15) is 19.0 Å². The molecule has 136 valence electrons. The third-order valence-corrected chi connectivity index (χ3v) is 4.00. The van der Waals surface area contributed by atoms with Crippen LogP contribution in [0.4, 0.5) is 0 Å². The highest BCUT2D eigenvalue weighted by atomic mass is 16.6. The number of carbonyl (C=O) groups excluding carboxylic acids is 2. The Morgan fingerprint density at radius 1 is 0.778 bits per heavy atom. The van der Waals surface area contributed by atoms with E-state index < -0.39 is 5.97 Å². The van der Waals surface area contributed by atoms with Gasteiger partial charge in [0, 0.05) is 11.1 Å². The maximum absolute atomic E-state index is 12.7.